The van der Waals surface area contributed by atoms with Crippen LogP contribution in [0.5, 0.6) is 5.75 Å². The van der Waals surface area contributed by atoms with Crippen molar-refractivity contribution in [2.45, 2.75) is 84.2 Å². The number of benzene rings is 2. The number of rotatable bonds is 16. The number of amides is 1. The molecule has 4 fully saturated rings. The Kier molecular flexibility index (Phi) is 12.9. The molecule has 2 aromatic carbocycles. The molecule has 56 heavy (non-hydrogen) atoms. The van der Waals surface area contributed by atoms with Crippen LogP contribution in [0.3, 0.4) is 0 Å². The summed E-state index contributed by atoms with van der Waals surface area (Å²) in [5.41, 5.74) is 11.5. The van der Waals surface area contributed by atoms with E-state index >= 15 is 0 Å². The molecule has 304 valence electrons. The molecule has 3 saturated carbocycles. The van der Waals surface area contributed by atoms with Crippen LogP contribution in [0.4, 0.5) is 5.69 Å². The second-order valence-electron chi connectivity index (χ2n) is 17.7. The number of hydrogen-bond acceptors (Lipinski definition) is 10. The minimum absolute atomic E-state index is 0.0670. The molecule has 1 amide bonds. The maximum Gasteiger partial charge on any atom is 0.240 e. The number of ketones is 1. The van der Waals surface area contributed by atoms with Crippen LogP contribution in [-0.2, 0) is 22.6 Å². The van der Waals surface area contributed by atoms with Gasteiger partial charge in [-0.05, 0) is 105 Å². The predicted molar refractivity (Wildman–Crippen MR) is 221 cm³/mol. The van der Waals surface area contributed by atoms with Gasteiger partial charge in [0.15, 0.2) is 5.78 Å². The lowest BCUT2D eigenvalue weighted by molar-refractivity contribution is -0.175. The second-order valence-corrected chi connectivity index (χ2v) is 17.7. The summed E-state index contributed by atoms with van der Waals surface area (Å²) < 4.78 is 6.14. The van der Waals surface area contributed by atoms with E-state index < -0.39 is 24.2 Å². The highest BCUT2D eigenvalue weighted by Crippen LogP contribution is 2.61. The van der Waals surface area contributed by atoms with E-state index in [0.29, 0.717) is 47.3 Å². The first-order valence-electron chi connectivity index (χ1n) is 20.3. The average molecular weight is 769 g/mol. The Labute approximate surface area is 333 Å². The minimum Gasteiger partial charge on any atom is -0.496 e. The van der Waals surface area contributed by atoms with Crippen LogP contribution in [0.15, 0.2) is 60.8 Å². The van der Waals surface area contributed by atoms with Gasteiger partial charge in [-0.25, -0.2) is 0 Å². The van der Waals surface area contributed by atoms with Gasteiger partial charge < -0.3 is 30.7 Å². The van der Waals surface area contributed by atoms with Gasteiger partial charge in [-0.15, -0.1) is 0 Å². The van der Waals surface area contributed by atoms with Crippen molar-refractivity contribution in [1.82, 2.24) is 20.3 Å². The number of fused-ring (bicyclic) bond motifs is 2. The van der Waals surface area contributed by atoms with Gasteiger partial charge >= 0.3 is 0 Å². The molecule has 7 rings (SSSR count). The van der Waals surface area contributed by atoms with Gasteiger partial charge in [0.05, 0.1) is 25.9 Å². The van der Waals surface area contributed by atoms with E-state index in [1.165, 1.54) is 6.42 Å². The van der Waals surface area contributed by atoms with Crippen molar-refractivity contribution < 1.29 is 24.3 Å². The third-order valence-electron chi connectivity index (χ3n) is 13.1. The number of para-hydroxylation sites is 1. The number of carbonyl (C=O) groups is 2. The maximum atomic E-state index is 14.3. The van der Waals surface area contributed by atoms with E-state index in [-0.39, 0.29) is 36.7 Å². The van der Waals surface area contributed by atoms with E-state index in [0.717, 1.165) is 41.0 Å². The predicted octanol–water partition coefficient (Wildman–Crippen LogP) is 5.44. The van der Waals surface area contributed by atoms with E-state index in [9.17, 15) is 14.7 Å². The highest BCUT2D eigenvalue weighted by atomic mass is 16.7. The molecule has 0 spiro atoms. The standard InChI is InChI=1S/C45H64N6O5/c1-27-37-22-33(45(37,3)4)23-38(27)48-44(54)42-41(28(2)52)40(24-46)56-51(42)26-30-13-12-15-36(43(30)55-9)31-19-32(21-35(20-31)50(7)8)39(53)18-29(25-49(5)6)17-34-14-10-11-16-47-34/h10-16,19-21,27-29,33,37-38,40-42,52H,17-18,22-26,46H2,1-9H3,(H,48,54)/t27-,28-,29+,33-,37+,38-,40-,41+,42-/m0/s1. The number of methoxy groups -OCH3 is 1. The first kappa shape index (κ1) is 41.8. The van der Waals surface area contributed by atoms with Crippen molar-refractivity contribution in [3.63, 3.8) is 0 Å². The van der Waals surface area contributed by atoms with E-state index in [1.54, 1.807) is 25.3 Å². The van der Waals surface area contributed by atoms with E-state index in [2.05, 4.69) is 42.0 Å². The Hall–Kier alpha value is -3.87. The van der Waals surface area contributed by atoms with Crippen molar-refractivity contribution >= 4 is 17.4 Å². The van der Waals surface area contributed by atoms with Crippen LogP contribution < -0.4 is 20.7 Å². The fourth-order valence-corrected chi connectivity index (χ4v) is 9.97. The Morgan fingerprint density at radius 3 is 2.48 bits per heavy atom. The molecule has 3 aliphatic carbocycles. The third-order valence-corrected chi connectivity index (χ3v) is 13.1. The van der Waals surface area contributed by atoms with Gasteiger partial charge in [0.1, 0.15) is 11.8 Å². The summed E-state index contributed by atoms with van der Waals surface area (Å²) in [6.07, 6.45) is 3.70. The van der Waals surface area contributed by atoms with Crippen LogP contribution in [0.1, 0.15) is 68.6 Å². The number of ether oxygens (including phenoxy) is 1. The topological polar surface area (TPSA) is 133 Å². The normalized spacial score (nSPS) is 26.7. The van der Waals surface area contributed by atoms with Crippen molar-refractivity contribution in [3.8, 4) is 16.9 Å². The molecule has 4 aliphatic rings. The van der Waals surface area contributed by atoms with Crippen molar-refractivity contribution in [3.05, 3.63) is 77.6 Å². The average Bonchev–Trinajstić information content (AvgIpc) is 3.53. The lowest BCUT2D eigenvalue weighted by Crippen LogP contribution is -2.62. The molecule has 2 bridgehead atoms. The molecule has 1 aromatic heterocycles. The largest absolute Gasteiger partial charge is 0.496 e. The number of hydrogen-bond donors (Lipinski definition) is 3. The van der Waals surface area contributed by atoms with Gasteiger partial charge in [0, 0.05) is 79.8 Å². The summed E-state index contributed by atoms with van der Waals surface area (Å²) in [4.78, 5) is 43.5. The molecular weight excluding hydrogens is 705 g/mol. The fourth-order valence-electron chi connectivity index (χ4n) is 9.97. The van der Waals surface area contributed by atoms with Crippen LogP contribution in [0.2, 0.25) is 0 Å². The van der Waals surface area contributed by atoms with Gasteiger partial charge in [-0.2, -0.15) is 5.06 Å². The minimum atomic E-state index is -0.820. The SMILES string of the molecule is COc1c(CN2O[C@@H](CN)[C@@H]([C@H](C)O)[C@H]2C(=O)N[C@H]2C[C@@H]3C[C@H]([C@@H]2C)C3(C)C)cccc1-c1cc(C(=O)C[C@@H](Cc2ccccn2)CN(C)C)cc(N(C)C)c1. The number of nitrogens with two attached hydrogens (primary N) is 1. The molecule has 0 radical (unpaired) electrons. The zero-order valence-corrected chi connectivity index (χ0v) is 34.9. The summed E-state index contributed by atoms with van der Waals surface area (Å²) in [6, 6.07) is 17.1. The Morgan fingerprint density at radius 1 is 1.11 bits per heavy atom. The molecule has 1 aliphatic heterocycles. The first-order chi connectivity index (χ1) is 26.6. The number of hydroxylamine groups is 2. The monoisotopic (exact) mass is 768 g/mol. The number of nitrogens with zero attached hydrogens (tertiary/aromatic N) is 4. The number of anilines is 1. The number of aromatic nitrogens is 1. The zero-order chi connectivity index (χ0) is 40.5. The molecule has 11 heteroatoms. The molecular formula is C45H64N6O5. The van der Waals surface area contributed by atoms with Crippen molar-refractivity contribution in [2.24, 2.45) is 40.7 Å². The molecule has 11 nitrogen and oxygen atoms in total. The maximum absolute atomic E-state index is 14.3. The summed E-state index contributed by atoms with van der Waals surface area (Å²) in [7, 11) is 9.64. The Morgan fingerprint density at radius 2 is 1.88 bits per heavy atom. The lowest BCUT2D eigenvalue weighted by atomic mass is 9.45. The van der Waals surface area contributed by atoms with Crippen LogP contribution in [0, 0.1) is 35.0 Å². The number of carbonyl (C=O) groups excluding carboxylic acids is 2. The molecule has 2 heterocycles. The molecule has 9 atom stereocenters. The molecule has 0 unspecified atom stereocenters. The Bertz CT molecular complexity index is 1830. The van der Waals surface area contributed by atoms with Gasteiger partial charge in [0.25, 0.3) is 0 Å². The van der Waals surface area contributed by atoms with Gasteiger partial charge in [0.2, 0.25) is 5.91 Å². The fraction of sp³-hybridized carbons (Fsp3) is 0.578. The number of nitrogens with one attached hydrogen (secondary N) is 1. The van der Waals surface area contributed by atoms with Crippen LogP contribution >= 0.6 is 0 Å². The number of aliphatic hydroxyl groups excluding tert-OH is 1. The molecule has 1 saturated heterocycles. The second kappa shape index (κ2) is 17.3. The van der Waals surface area contributed by atoms with Gasteiger partial charge in [-0.3, -0.25) is 19.4 Å². The Balaban J connectivity index is 1.28. The van der Waals surface area contributed by atoms with E-state index in [1.807, 2.05) is 81.6 Å². The van der Waals surface area contributed by atoms with Crippen LogP contribution in [0.25, 0.3) is 11.1 Å². The lowest BCUT2D eigenvalue weighted by Gasteiger charge is -2.62. The van der Waals surface area contributed by atoms with E-state index in [4.69, 9.17) is 15.3 Å². The number of pyridine rings is 1. The summed E-state index contributed by atoms with van der Waals surface area (Å²) in [5.74, 6) is 1.64. The quantitative estimate of drug-likeness (QED) is 0.162. The van der Waals surface area contributed by atoms with Crippen LogP contribution in [-0.4, -0.2) is 104 Å². The number of Topliss-reactive ketones (excluding diaryl/α,β-unsaturated/α-hetero) is 1. The van der Waals surface area contributed by atoms with Crippen molar-refractivity contribution in [1.29, 1.82) is 0 Å². The highest BCUT2D eigenvalue weighted by molar-refractivity contribution is 5.99. The summed E-state index contributed by atoms with van der Waals surface area (Å²) in [5, 5.41) is 16.1. The smallest absolute Gasteiger partial charge is 0.240 e. The van der Waals surface area contributed by atoms with Crippen molar-refractivity contribution in [2.75, 3.05) is 53.3 Å². The zero-order valence-electron chi connectivity index (χ0n) is 34.9. The summed E-state index contributed by atoms with van der Waals surface area (Å²) in [6.45, 7) is 9.83. The molecule has 3 aromatic rings. The summed E-state index contributed by atoms with van der Waals surface area (Å²) >= 11 is 0. The number of aliphatic hydroxyl groups is 1. The third kappa shape index (κ3) is 8.67. The molecule has 4 N–H and O–H groups in total. The van der Waals surface area contributed by atoms with Gasteiger partial charge in [-0.1, -0.05) is 45.0 Å². The first-order valence-corrected chi connectivity index (χ1v) is 20.3. The highest BCUT2D eigenvalue weighted by Gasteiger charge is 2.57.